The maximum Gasteiger partial charge on any atom is 0.264 e. The number of hydrogen-bond acceptors (Lipinski definition) is 6. The van der Waals surface area contributed by atoms with Gasteiger partial charge in [0, 0.05) is 13.0 Å². The zero-order chi connectivity index (χ0) is 11.4. The zero-order valence-electron chi connectivity index (χ0n) is 8.60. The van der Waals surface area contributed by atoms with Crippen LogP contribution in [-0.4, -0.2) is 37.2 Å². The minimum absolute atomic E-state index is 0.146. The van der Waals surface area contributed by atoms with Crippen LogP contribution in [0.1, 0.15) is 21.2 Å². The number of amides is 1. The van der Waals surface area contributed by atoms with Crippen molar-refractivity contribution in [3.63, 3.8) is 0 Å². The van der Waals surface area contributed by atoms with E-state index in [9.17, 15) is 4.79 Å². The van der Waals surface area contributed by atoms with Crippen LogP contribution in [0.5, 0.6) is 0 Å². The largest absolute Gasteiger partial charge is 0.351 e. The molecule has 1 amide bonds. The molecule has 7 nitrogen and oxygen atoms in total. The Balaban J connectivity index is 1.83. The molecule has 2 N–H and O–H groups in total. The summed E-state index contributed by atoms with van der Waals surface area (Å²) in [5.41, 5.74) is 0.655. The second kappa shape index (κ2) is 4.79. The van der Waals surface area contributed by atoms with Gasteiger partial charge in [-0.15, -0.1) is 5.10 Å². The van der Waals surface area contributed by atoms with E-state index in [4.69, 9.17) is 0 Å². The molecule has 2 aromatic rings. The van der Waals surface area contributed by atoms with Crippen molar-refractivity contribution in [2.45, 2.75) is 13.3 Å². The molecule has 84 valence electrons. The predicted molar refractivity (Wildman–Crippen MR) is 57.1 cm³/mol. The van der Waals surface area contributed by atoms with E-state index in [2.05, 4.69) is 30.1 Å². The van der Waals surface area contributed by atoms with Gasteiger partial charge >= 0.3 is 0 Å². The highest BCUT2D eigenvalue weighted by Gasteiger charge is 2.12. The normalized spacial score (nSPS) is 10.3. The van der Waals surface area contributed by atoms with Crippen molar-refractivity contribution in [3.05, 3.63) is 22.7 Å². The molecule has 0 aliphatic carbocycles. The number of aromatic amines is 1. The van der Waals surface area contributed by atoms with Crippen LogP contribution >= 0.6 is 11.5 Å². The second-order valence-corrected chi connectivity index (χ2v) is 3.88. The summed E-state index contributed by atoms with van der Waals surface area (Å²) in [6.07, 6.45) is 2.06. The quantitative estimate of drug-likeness (QED) is 0.777. The first kappa shape index (κ1) is 10.7. The van der Waals surface area contributed by atoms with Gasteiger partial charge in [0.1, 0.15) is 17.0 Å². The molecule has 2 rings (SSSR count). The van der Waals surface area contributed by atoms with E-state index in [1.54, 1.807) is 6.92 Å². The van der Waals surface area contributed by atoms with Gasteiger partial charge in [-0.2, -0.15) is 5.10 Å². The number of rotatable bonds is 4. The highest BCUT2D eigenvalue weighted by atomic mass is 32.1. The Morgan fingerprint density at radius 2 is 2.50 bits per heavy atom. The first-order valence-corrected chi connectivity index (χ1v) is 5.46. The summed E-state index contributed by atoms with van der Waals surface area (Å²) in [6, 6.07) is 0. The summed E-state index contributed by atoms with van der Waals surface area (Å²) in [5, 5.41) is 13.0. The molecule has 2 aromatic heterocycles. The lowest BCUT2D eigenvalue weighted by molar-refractivity contribution is 0.0957. The van der Waals surface area contributed by atoms with Crippen LogP contribution in [0, 0.1) is 6.92 Å². The molecule has 8 heteroatoms. The average molecular weight is 238 g/mol. The van der Waals surface area contributed by atoms with Crippen molar-refractivity contribution >= 4 is 17.4 Å². The van der Waals surface area contributed by atoms with Gasteiger partial charge in [0.2, 0.25) is 0 Å². The van der Waals surface area contributed by atoms with E-state index in [0.717, 1.165) is 17.4 Å². The van der Waals surface area contributed by atoms with E-state index >= 15 is 0 Å². The van der Waals surface area contributed by atoms with E-state index in [-0.39, 0.29) is 5.91 Å². The summed E-state index contributed by atoms with van der Waals surface area (Å²) in [6.45, 7) is 2.26. The predicted octanol–water partition coefficient (Wildman–Crippen LogP) is -0.0629. The maximum absolute atomic E-state index is 11.6. The number of nitrogens with one attached hydrogen (secondary N) is 2. The van der Waals surface area contributed by atoms with Crippen LogP contribution in [-0.2, 0) is 6.42 Å². The third-order valence-corrected chi connectivity index (χ3v) is 2.80. The highest BCUT2D eigenvalue weighted by molar-refractivity contribution is 7.07. The number of H-pyrrole nitrogens is 1. The van der Waals surface area contributed by atoms with Gasteiger partial charge in [-0.3, -0.25) is 9.89 Å². The van der Waals surface area contributed by atoms with E-state index in [1.807, 2.05) is 0 Å². The van der Waals surface area contributed by atoms with Crippen molar-refractivity contribution in [1.29, 1.82) is 0 Å². The minimum atomic E-state index is -0.146. The maximum atomic E-state index is 11.6. The fourth-order valence-electron chi connectivity index (χ4n) is 1.17. The number of aryl methyl sites for hydroxylation is 1. The minimum Gasteiger partial charge on any atom is -0.351 e. The molecule has 0 aliphatic heterocycles. The van der Waals surface area contributed by atoms with Gasteiger partial charge < -0.3 is 5.32 Å². The smallest absolute Gasteiger partial charge is 0.264 e. The monoisotopic (exact) mass is 238 g/mol. The van der Waals surface area contributed by atoms with Gasteiger partial charge in [-0.1, -0.05) is 4.49 Å². The van der Waals surface area contributed by atoms with E-state index in [0.29, 0.717) is 23.5 Å². The van der Waals surface area contributed by atoms with E-state index in [1.165, 1.54) is 6.33 Å². The van der Waals surface area contributed by atoms with E-state index < -0.39 is 0 Å². The average Bonchev–Trinajstić information content (AvgIpc) is 2.88. The molecule has 0 spiro atoms. The number of carbonyl (C=O) groups is 1. The summed E-state index contributed by atoms with van der Waals surface area (Å²) >= 11 is 1.10. The molecule has 16 heavy (non-hydrogen) atoms. The third-order valence-electron chi connectivity index (χ3n) is 1.97. The number of aromatic nitrogens is 5. The number of nitrogens with zero attached hydrogens (tertiary/aromatic N) is 4. The van der Waals surface area contributed by atoms with Gasteiger partial charge in [-0.05, 0) is 18.5 Å². The van der Waals surface area contributed by atoms with Crippen molar-refractivity contribution in [2.24, 2.45) is 0 Å². The Bertz CT molecular complexity index is 465. The number of hydrogen-bond donors (Lipinski definition) is 2. The topological polar surface area (TPSA) is 96.5 Å². The highest BCUT2D eigenvalue weighted by Crippen LogP contribution is 2.08. The summed E-state index contributed by atoms with van der Waals surface area (Å²) in [4.78, 5) is 16.1. The molecule has 0 radical (unpaired) electrons. The van der Waals surface area contributed by atoms with Crippen molar-refractivity contribution in [3.8, 4) is 0 Å². The lowest BCUT2D eigenvalue weighted by Gasteiger charge is -2.01. The lowest BCUT2D eigenvalue weighted by atomic mass is 10.3. The molecule has 0 aromatic carbocycles. The lowest BCUT2D eigenvalue weighted by Crippen LogP contribution is -2.25. The van der Waals surface area contributed by atoms with Gasteiger partial charge in [0.05, 0.1) is 5.69 Å². The SMILES string of the molecule is Cc1nnsc1C(=O)NCCc1ncn[nH]1. The first-order valence-electron chi connectivity index (χ1n) is 4.69. The molecule has 0 saturated carbocycles. The first-order chi connectivity index (χ1) is 7.77. The van der Waals surface area contributed by atoms with Crippen molar-refractivity contribution in [2.75, 3.05) is 6.54 Å². The fourth-order valence-corrected chi connectivity index (χ4v) is 1.74. The van der Waals surface area contributed by atoms with Gasteiger partial charge in [-0.25, -0.2) is 4.98 Å². The Hall–Kier alpha value is -1.83. The van der Waals surface area contributed by atoms with Crippen molar-refractivity contribution < 1.29 is 4.79 Å². The summed E-state index contributed by atoms with van der Waals surface area (Å²) in [5.74, 6) is 0.603. The van der Waals surface area contributed by atoms with Crippen LogP contribution in [0.25, 0.3) is 0 Å². The number of carbonyl (C=O) groups excluding carboxylic acids is 1. The standard InChI is InChI=1S/C8H10N6OS/c1-5-7(16-14-12-5)8(15)9-3-2-6-10-4-11-13-6/h4H,2-3H2,1H3,(H,9,15)(H,10,11,13). The van der Waals surface area contributed by atoms with Crippen LogP contribution in [0.3, 0.4) is 0 Å². The second-order valence-electron chi connectivity index (χ2n) is 3.13. The van der Waals surface area contributed by atoms with Crippen LogP contribution in [0.2, 0.25) is 0 Å². The van der Waals surface area contributed by atoms with Gasteiger partial charge in [0.25, 0.3) is 5.91 Å². The van der Waals surface area contributed by atoms with Crippen LogP contribution in [0.4, 0.5) is 0 Å². The van der Waals surface area contributed by atoms with Crippen molar-refractivity contribution in [1.82, 2.24) is 30.1 Å². The molecular weight excluding hydrogens is 228 g/mol. The molecule has 0 unspecified atom stereocenters. The molecule has 0 fully saturated rings. The molecule has 0 saturated heterocycles. The molecular formula is C8H10N6OS. The fraction of sp³-hybridized carbons (Fsp3) is 0.375. The Morgan fingerprint density at radius 3 is 3.12 bits per heavy atom. The molecule has 0 aliphatic rings. The Kier molecular flexibility index (Phi) is 3.20. The van der Waals surface area contributed by atoms with Crippen LogP contribution < -0.4 is 5.32 Å². The zero-order valence-corrected chi connectivity index (χ0v) is 9.41. The molecule has 0 atom stereocenters. The molecule has 0 bridgehead atoms. The molecule has 2 heterocycles. The third kappa shape index (κ3) is 2.40. The van der Waals surface area contributed by atoms with Gasteiger partial charge in [0.15, 0.2) is 0 Å². The summed E-state index contributed by atoms with van der Waals surface area (Å²) < 4.78 is 3.70. The van der Waals surface area contributed by atoms with Crippen LogP contribution in [0.15, 0.2) is 6.33 Å². The summed E-state index contributed by atoms with van der Waals surface area (Å²) in [7, 11) is 0. The Labute approximate surface area is 95.5 Å². The Morgan fingerprint density at radius 1 is 1.62 bits per heavy atom.